The van der Waals surface area contributed by atoms with Gasteiger partial charge in [0.25, 0.3) is 0 Å². The van der Waals surface area contributed by atoms with Crippen molar-refractivity contribution < 1.29 is 0 Å². The fraction of sp³-hybridized carbons (Fsp3) is 0. The normalized spacial score (nSPS) is 10.2. The van der Waals surface area contributed by atoms with Crippen molar-refractivity contribution in [2.24, 2.45) is 0 Å². The van der Waals surface area contributed by atoms with Crippen LogP contribution in [-0.4, -0.2) is 0 Å². The third-order valence-electron chi connectivity index (χ3n) is 1.71. The summed E-state index contributed by atoms with van der Waals surface area (Å²) in [5, 5.41) is 10.4. The molecule has 0 aliphatic heterocycles. The molecule has 0 unspecified atom stereocenters. The monoisotopic (exact) mass is 271 g/mol. The second-order valence-electron chi connectivity index (χ2n) is 2.47. The van der Waals surface area contributed by atoms with Crippen LogP contribution in [0.3, 0.4) is 0 Å². The van der Waals surface area contributed by atoms with Crippen LogP contribution >= 0.6 is 38.9 Å². The Balaban J connectivity index is 2.95. The van der Waals surface area contributed by atoms with Crippen LogP contribution in [-0.2, 0) is 0 Å². The highest BCUT2D eigenvalue weighted by Crippen LogP contribution is 2.38. The Morgan fingerprint density at radius 1 is 1.46 bits per heavy atom. The topological polar surface area (TPSA) is 23.8 Å². The molecule has 1 aromatic heterocycles. The fourth-order valence-corrected chi connectivity index (χ4v) is 3.39. The molecule has 0 saturated heterocycles. The molecule has 0 amide bonds. The Kier molecular flexibility index (Phi) is 2.29. The van der Waals surface area contributed by atoms with E-state index >= 15 is 0 Å². The van der Waals surface area contributed by atoms with Crippen molar-refractivity contribution >= 4 is 49.0 Å². The van der Waals surface area contributed by atoms with Gasteiger partial charge in [-0.2, -0.15) is 5.26 Å². The highest BCUT2D eigenvalue weighted by atomic mass is 79.9. The summed E-state index contributed by atoms with van der Waals surface area (Å²) >= 11 is 10.8. The van der Waals surface area contributed by atoms with Gasteiger partial charge in [-0.1, -0.05) is 17.7 Å². The van der Waals surface area contributed by atoms with Gasteiger partial charge in [0, 0.05) is 10.1 Å². The van der Waals surface area contributed by atoms with E-state index in [9.17, 15) is 0 Å². The zero-order valence-electron chi connectivity index (χ0n) is 6.34. The van der Waals surface area contributed by atoms with Gasteiger partial charge in [-0.15, -0.1) is 11.3 Å². The predicted molar refractivity (Wildman–Crippen MR) is 59.3 cm³/mol. The Morgan fingerprint density at radius 3 is 2.85 bits per heavy atom. The lowest BCUT2D eigenvalue weighted by atomic mass is 10.2. The van der Waals surface area contributed by atoms with Crippen LogP contribution in [0.4, 0.5) is 0 Å². The number of fused-ring (bicyclic) bond motifs is 1. The number of halogens is 2. The smallest absolute Gasteiger partial charge is 0.120 e. The summed E-state index contributed by atoms with van der Waals surface area (Å²) in [5.74, 6) is 0. The maximum absolute atomic E-state index is 8.80. The van der Waals surface area contributed by atoms with Crippen LogP contribution < -0.4 is 0 Å². The first-order valence-corrected chi connectivity index (χ1v) is 5.49. The maximum Gasteiger partial charge on any atom is 0.120 e. The van der Waals surface area contributed by atoms with Gasteiger partial charge in [0.15, 0.2) is 0 Å². The lowest BCUT2D eigenvalue weighted by molar-refractivity contribution is 1.52. The molecule has 0 spiro atoms. The van der Waals surface area contributed by atoms with Crippen molar-refractivity contribution in [3.05, 3.63) is 32.6 Å². The second-order valence-corrected chi connectivity index (χ2v) is 4.72. The third kappa shape index (κ3) is 1.35. The first kappa shape index (κ1) is 9.01. The molecule has 0 fully saturated rings. The molecule has 1 nitrogen and oxygen atoms in total. The minimum Gasteiger partial charge on any atom is -0.191 e. The van der Waals surface area contributed by atoms with Crippen LogP contribution in [0.2, 0.25) is 5.02 Å². The fourth-order valence-electron chi connectivity index (χ4n) is 1.14. The molecule has 4 heteroatoms. The van der Waals surface area contributed by atoms with E-state index in [1.165, 1.54) is 11.3 Å². The van der Waals surface area contributed by atoms with Gasteiger partial charge in [-0.25, -0.2) is 0 Å². The van der Waals surface area contributed by atoms with Crippen molar-refractivity contribution in [3.8, 4) is 6.07 Å². The minimum absolute atomic E-state index is 0.670. The van der Waals surface area contributed by atoms with Crippen LogP contribution in [0.15, 0.2) is 22.7 Å². The van der Waals surface area contributed by atoms with E-state index in [0.29, 0.717) is 9.90 Å². The van der Waals surface area contributed by atoms with Crippen molar-refractivity contribution in [2.45, 2.75) is 0 Å². The van der Waals surface area contributed by atoms with Crippen LogP contribution in [0, 0.1) is 11.3 Å². The molecular weight excluding hydrogens is 270 g/mol. The van der Waals surface area contributed by atoms with Gasteiger partial charge in [-0.3, -0.25) is 0 Å². The number of thiophene rings is 1. The molecule has 64 valence electrons. The molecule has 1 aromatic carbocycles. The van der Waals surface area contributed by atoms with Crippen molar-refractivity contribution in [1.82, 2.24) is 0 Å². The maximum atomic E-state index is 8.80. The quantitative estimate of drug-likeness (QED) is 0.705. The Morgan fingerprint density at radius 2 is 2.23 bits per heavy atom. The number of nitriles is 1. The predicted octanol–water partition coefficient (Wildman–Crippen LogP) is 4.19. The van der Waals surface area contributed by atoms with E-state index in [-0.39, 0.29) is 0 Å². The summed E-state index contributed by atoms with van der Waals surface area (Å²) in [6.07, 6.45) is 0. The molecule has 1 heterocycles. The molecule has 0 aliphatic rings. The molecule has 13 heavy (non-hydrogen) atoms. The van der Waals surface area contributed by atoms with Gasteiger partial charge in [0.2, 0.25) is 0 Å². The van der Waals surface area contributed by atoms with E-state index in [1.807, 2.05) is 18.2 Å². The number of benzene rings is 1. The third-order valence-corrected chi connectivity index (χ3v) is 4.14. The van der Waals surface area contributed by atoms with Crippen LogP contribution in [0.25, 0.3) is 10.1 Å². The Hall–Kier alpha value is -0.560. The average molecular weight is 273 g/mol. The highest BCUT2D eigenvalue weighted by molar-refractivity contribution is 9.10. The molecule has 0 atom stereocenters. The molecule has 0 aliphatic carbocycles. The minimum atomic E-state index is 0.670. The van der Waals surface area contributed by atoms with Crippen LogP contribution in [0.1, 0.15) is 4.88 Å². The molecule has 0 N–H and O–H groups in total. The number of hydrogen-bond donors (Lipinski definition) is 0. The summed E-state index contributed by atoms with van der Waals surface area (Å²) in [6, 6.07) is 7.79. The summed E-state index contributed by atoms with van der Waals surface area (Å²) < 4.78 is 1.84. The van der Waals surface area contributed by atoms with E-state index in [0.717, 1.165) is 14.6 Å². The van der Waals surface area contributed by atoms with Crippen LogP contribution in [0.5, 0.6) is 0 Å². The number of hydrogen-bond acceptors (Lipinski definition) is 2. The van der Waals surface area contributed by atoms with E-state index in [1.54, 1.807) is 0 Å². The van der Waals surface area contributed by atoms with Gasteiger partial charge < -0.3 is 0 Å². The van der Waals surface area contributed by atoms with E-state index < -0.39 is 0 Å². The van der Waals surface area contributed by atoms with Gasteiger partial charge in [0.05, 0.1) is 9.50 Å². The lowest BCUT2D eigenvalue weighted by Gasteiger charge is -1.92. The molecule has 2 aromatic rings. The summed E-state index contributed by atoms with van der Waals surface area (Å²) in [6.45, 7) is 0. The first-order valence-electron chi connectivity index (χ1n) is 3.50. The number of nitrogens with zero attached hydrogens (tertiary/aromatic N) is 1. The average Bonchev–Trinajstić information content (AvgIpc) is 2.44. The second kappa shape index (κ2) is 3.30. The van der Waals surface area contributed by atoms with Gasteiger partial charge in [-0.05, 0) is 28.1 Å². The van der Waals surface area contributed by atoms with Crippen molar-refractivity contribution in [1.29, 1.82) is 5.26 Å². The largest absolute Gasteiger partial charge is 0.191 e. The molecular formula is C9H3BrClNS. The molecule has 0 bridgehead atoms. The Labute approximate surface area is 92.7 Å². The molecule has 2 rings (SSSR count). The Bertz CT molecular complexity index is 512. The molecule has 0 saturated carbocycles. The summed E-state index contributed by atoms with van der Waals surface area (Å²) in [7, 11) is 0. The van der Waals surface area contributed by atoms with Crippen molar-refractivity contribution in [3.63, 3.8) is 0 Å². The summed E-state index contributed by atoms with van der Waals surface area (Å²) in [4.78, 5) is 0.670. The molecule has 0 radical (unpaired) electrons. The van der Waals surface area contributed by atoms with Gasteiger partial charge in [0.1, 0.15) is 10.9 Å². The summed E-state index contributed by atoms with van der Waals surface area (Å²) in [5.41, 5.74) is 0. The lowest BCUT2D eigenvalue weighted by Crippen LogP contribution is -1.67. The zero-order valence-corrected chi connectivity index (χ0v) is 9.50. The van der Waals surface area contributed by atoms with Gasteiger partial charge >= 0.3 is 0 Å². The zero-order chi connectivity index (χ0) is 9.42. The number of rotatable bonds is 0. The standard InChI is InChI=1S/C9H3BrClNS/c10-9-7(4-12)13-6-3-1-2-5(11)8(6)9/h1-3H. The highest BCUT2D eigenvalue weighted by Gasteiger charge is 2.11. The SMILES string of the molecule is N#Cc1sc2cccc(Cl)c2c1Br. The van der Waals surface area contributed by atoms with E-state index in [2.05, 4.69) is 22.0 Å². The first-order chi connectivity index (χ1) is 6.24. The van der Waals surface area contributed by atoms with Crippen molar-refractivity contribution in [2.75, 3.05) is 0 Å². The van der Waals surface area contributed by atoms with E-state index in [4.69, 9.17) is 16.9 Å².